The average Bonchev–Trinajstić information content (AvgIpc) is 2.61. The molecule has 132 valence electrons. The summed E-state index contributed by atoms with van der Waals surface area (Å²) in [6.45, 7) is 1.79. The third kappa shape index (κ3) is 4.07. The van der Waals surface area contributed by atoms with Crippen LogP contribution >= 0.6 is 11.9 Å². The molecule has 1 nitrogen and oxygen atoms in total. The highest BCUT2D eigenvalue weighted by molar-refractivity contribution is 8.00. The molecular formula is C18H14F5NS. The molecule has 0 aliphatic rings. The molecule has 0 aliphatic heterocycles. The Morgan fingerprint density at radius 2 is 1.72 bits per heavy atom. The number of hydrogen-bond donors (Lipinski definition) is 1. The van der Waals surface area contributed by atoms with Crippen LogP contribution in [0.5, 0.6) is 0 Å². The molecule has 0 spiro atoms. The van der Waals surface area contributed by atoms with Gasteiger partial charge in [0.1, 0.15) is 5.82 Å². The van der Waals surface area contributed by atoms with E-state index in [0.29, 0.717) is 23.9 Å². The summed E-state index contributed by atoms with van der Waals surface area (Å²) in [7, 11) is 0. The van der Waals surface area contributed by atoms with Gasteiger partial charge in [0, 0.05) is 17.7 Å². The lowest BCUT2D eigenvalue weighted by Gasteiger charge is -2.14. The highest BCUT2D eigenvalue weighted by Gasteiger charge is 2.25. The van der Waals surface area contributed by atoms with E-state index >= 15 is 0 Å². The van der Waals surface area contributed by atoms with Gasteiger partial charge in [-0.1, -0.05) is 13.0 Å². The Morgan fingerprint density at radius 3 is 2.32 bits per heavy atom. The van der Waals surface area contributed by atoms with Gasteiger partial charge in [-0.3, -0.25) is 0 Å². The number of halogens is 5. The van der Waals surface area contributed by atoms with Crippen molar-refractivity contribution in [3.63, 3.8) is 0 Å². The molecule has 0 aliphatic carbocycles. The van der Waals surface area contributed by atoms with Crippen LogP contribution < -0.4 is 4.72 Å². The lowest BCUT2D eigenvalue weighted by atomic mass is 10.1. The molecule has 1 N–H and O–H groups in total. The van der Waals surface area contributed by atoms with Gasteiger partial charge in [-0.2, -0.15) is 0 Å². The van der Waals surface area contributed by atoms with E-state index in [0.717, 1.165) is 0 Å². The topological polar surface area (TPSA) is 12.0 Å². The van der Waals surface area contributed by atoms with Gasteiger partial charge < -0.3 is 4.72 Å². The molecule has 25 heavy (non-hydrogen) atoms. The predicted molar refractivity (Wildman–Crippen MR) is 88.7 cm³/mol. The fraction of sp³-hybridized carbons (Fsp3) is 0.222. The quantitative estimate of drug-likeness (QED) is 0.232. The van der Waals surface area contributed by atoms with E-state index in [1.165, 1.54) is 6.07 Å². The minimum absolute atomic E-state index is 0.0226. The summed E-state index contributed by atoms with van der Waals surface area (Å²) in [4.78, 5) is -0.452. The van der Waals surface area contributed by atoms with Gasteiger partial charge in [-0.05, 0) is 42.5 Å². The maximum absolute atomic E-state index is 14.1. The third-order valence-electron chi connectivity index (χ3n) is 3.54. The molecule has 0 heterocycles. The Balaban J connectivity index is 2.35. The summed E-state index contributed by atoms with van der Waals surface area (Å²) in [5, 5.41) is 0. The minimum atomic E-state index is -1.90. The number of hydrogen-bond acceptors (Lipinski definition) is 2. The maximum Gasteiger partial charge on any atom is 0.198 e. The summed E-state index contributed by atoms with van der Waals surface area (Å²) in [5.74, 6) is -5.01. The van der Waals surface area contributed by atoms with Crippen molar-refractivity contribution in [2.24, 2.45) is 0 Å². The molecule has 0 fully saturated rings. The zero-order valence-corrected chi connectivity index (χ0v) is 14.0. The van der Waals surface area contributed by atoms with E-state index in [-0.39, 0.29) is 24.1 Å². The van der Waals surface area contributed by atoms with Crippen LogP contribution in [-0.2, 0) is 12.8 Å². The van der Waals surface area contributed by atoms with Crippen molar-refractivity contribution < 1.29 is 22.0 Å². The SMILES string of the molecule is C#CCCc1c(F)c(F)c(F)c(F)c1SNc1ccc(CC)c(F)c1. The van der Waals surface area contributed by atoms with Crippen molar-refractivity contribution in [2.45, 2.75) is 31.1 Å². The zero-order valence-electron chi connectivity index (χ0n) is 13.2. The summed E-state index contributed by atoms with van der Waals surface area (Å²) < 4.78 is 71.4. The van der Waals surface area contributed by atoms with Crippen LogP contribution in [-0.4, -0.2) is 0 Å². The summed E-state index contributed by atoms with van der Waals surface area (Å²) in [6.07, 6.45) is 5.45. The van der Waals surface area contributed by atoms with Crippen molar-refractivity contribution in [1.82, 2.24) is 0 Å². The van der Waals surface area contributed by atoms with Gasteiger partial charge in [-0.25, -0.2) is 22.0 Å². The number of aryl methyl sites for hydroxylation is 1. The first kappa shape index (κ1) is 19.1. The third-order valence-corrected chi connectivity index (χ3v) is 4.51. The molecule has 2 aromatic carbocycles. The van der Waals surface area contributed by atoms with Crippen LogP contribution in [0, 0.1) is 41.4 Å². The lowest BCUT2D eigenvalue weighted by Crippen LogP contribution is -2.07. The van der Waals surface area contributed by atoms with Crippen LogP contribution in [0.15, 0.2) is 23.1 Å². The molecule has 0 amide bonds. The fourth-order valence-corrected chi connectivity index (χ4v) is 3.03. The molecule has 0 bridgehead atoms. The molecule has 0 aromatic heterocycles. The molecule has 0 radical (unpaired) electrons. The fourth-order valence-electron chi connectivity index (χ4n) is 2.19. The van der Waals surface area contributed by atoms with Crippen LogP contribution in [0.3, 0.4) is 0 Å². The molecule has 2 aromatic rings. The summed E-state index contributed by atoms with van der Waals surface area (Å²) >= 11 is 0.529. The second kappa shape index (κ2) is 8.26. The van der Waals surface area contributed by atoms with Crippen LogP contribution in [0.25, 0.3) is 0 Å². The first-order valence-corrected chi connectivity index (χ1v) is 8.21. The Kier molecular flexibility index (Phi) is 6.32. The van der Waals surface area contributed by atoms with Crippen LogP contribution in [0.1, 0.15) is 24.5 Å². The Labute approximate surface area is 146 Å². The van der Waals surface area contributed by atoms with Gasteiger partial charge in [-0.15, -0.1) is 12.3 Å². The second-order valence-electron chi connectivity index (χ2n) is 5.13. The summed E-state index contributed by atoms with van der Waals surface area (Å²) in [5.41, 5.74) is 0.403. The Morgan fingerprint density at radius 1 is 1.04 bits per heavy atom. The highest BCUT2D eigenvalue weighted by atomic mass is 32.2. The monoisotopic (exact) mass is 371 g/mol. The summed E-state index contributed by atoms with van der Waals surface area (Å²) in [6, 6.07) is 4.27. The van der Waals surface area contributed by atoms with E-state index < -0.39 is 34.0 Å². The Hall–Kier alpha value is -2.20. The Bertz CT molecular complexity index is 829. The maximum atomic E-state index is 14.1. The molecule has 0 saturated carbocycles. The largest absolute Gasteiger partial charge is 0.325 e. The van der Waals surface area contributed by atoms with Gasteiger partial charge >= 0.3 is 0 Å². The molecule has 0 unspecified atom stereocenters. The van der Waals surface area contributed by atoms with Gasteiger partial charge in [0.2, 0.25) is 0 Å². The smallest absolute Gasteiger partial charge is 0.198 e. The van der Waals surface area contributed by atoms with Gasteiger partial charge in [0.05, 0.1) is 4.90 Å². The first-order valence-electron chi connectivity index (χ1n) is 7.40. The second-order valence-corrected chi connectivity index (χ2v) is 5.95. The number of benzene rings is 2. The van der Waals surface area contributed by atoms with Crippen molar-refractivity contribution >= 4 is 17.6 Å². The van der Waals surface area contributed by atoms with Crippen molar-refractivity contribution in [1.29, 1.82) is 0 Å². The van der Waals surface area contributed by atoms with Gasteiger partial charge in [0.25, 0.3) is 0 Å². The average molecular weight is 371 g/mol. The first-order chi connectivity index (χ1) is 11.9. The number of terminal acetylenes is 1. The molecular weight excluding hydrogens is 357 g/mol. The molecule has 2 rings (SSSR count). The van der Waals surface area contributed by atoms with Gasteiger partial charge in [0.15, 0.2) is 23.3 Å². The number of nitrogens with one attached hydrogen (secondary N) is 1. The standard InChI is InChI=1S/C18H14F5NS/c1-3-5-6-12-14(20)15(21)16(22)17(23)18(12)25-24-11-8-7-10(4-2)13(19)9-11/h1,7-9,24H,4-6H2,2H3. The predicted octanol–water partition coefficient (Wildman–Crippen LogP) is 5.63. The van der Waals surface area contributed by atoms with Crippen molar-refractivity contribution in [3.05, 3.63) is 58.4 Å². The molecule has 7 heteroatoms. The lowest BCUT2D eigenvalue weighted by molar-refractivity contribution is 0.392. The highest BCUT2D eigenvalue weighted by Crippen LogP contribution is 2.33. The van der Waals surface area contributed by atoms with Crippen molar-refractivity contribution in [2.75, 3.05) is 4.72 Å². The number of rotatable bonds is 6. The number of anilines is 1. The normalized spacial score (nSPS) is 10.6. The molecule has 0 atom stereocenters. The minimum Gasteiger partial charge on any atom is -0.325 e. The van der Waals surface area contributed by atoms with E-state index in [1.54, 1.807) is 19.1 Å². The van der Waals surface area contributed by atoms with Crippen LogP contribution in [0.4, 0.5) is 27.6 Å². The van der Waals surface area contributed by atoms with Crippen molar-refractivity contribution in [3.8, 4) is 12.3 Å². The van der Waals surface area contributed by atoms with E-state index in [1.807, 2.05) is 0 Å². The molecule has 0 saturated heterocycles. The van der Waals surface area contributed by atoms with E-state index in [2.05, 4.69) is 10.6 Å². The zero-order chi connectivity index (χ0) is 18.6. The van der Waals surface area contributed by atoms with Crippen LogP contribution in [0.2, 0.25) is 0 Å². The van der Waals surface area contributed by atoms with E-state index in [4.69, 9.17) is 6.42 Å². The van der Waals surface area contributed by atoms with E-state index in [9.17, 15) is 22.0 Å².